The first-order valence-corrected chi connectivity index (χ1v) is 9.84. The van der Waals surface area contributed by atoms with Gasteiger partial charge in [-0.3, -0.25) is 9.89 Å². The molecule has 0 radical (unpaired) electrons. The van der Waals surface area contributed by atoms with Gasteiger partial charge in [0.15, 0.2) is 20.4 Å². The lowest BCUT2D eigenvalue weighted by Gasteiger charge is -2.34. The fourth-order valence-corrected chi connectivity index (χ4v) is 4.40. The highest BCUT2D eigenvalue weighted by Crippen LogP contribution is 2.30. The molecule has 1 aromatic heterocycles. The standard InChI is InChI=1S/C16H18F2N4O3S.ClH/c1-26(24,25)16(2-4-19-5-3-16)15(23)20-14-9-13(21-22-14)10-6-11(17)8-12(18)7-10;/h6-9,19H,2-5H2,1H3,(H2,20,21,22,23);1H. The van der Waals surface area contributed by atoms with Gasteiger partial charge < -0.3 is 10.6 Å². The van der Waals surface area contributed by atoms with Crippen molar-refractivity contribution in [2.24, 2.45) is 0 Å². The molecule has 1 fully saturated rings. The number of nitrogens with zero attached hydrogens (tertiary/aromatic N) is 1. The summed E-state index contributed by atoms with van der Waals surface area (Å²) < 4.78 is 49.6. The molecule has 1 aromatic carbocycles. The predicted molar refractivity (Wildman–Crippen MR) is 99.5 cm³/mol. The zero-order valence-electron chi connectivity index (χ0n) is 14.4. The van der Waals surface area contributed by atoms with E-state index in [9.17, 15) is 22.0 Å². The number of aromatic nitrogens is 2. The van der Waals surface area contributed by atoms with E-state index >= 15 is 0 Å². The van der Waals surface area contributed by atoms with Gasteiger partial charge >= 0.3 is 0 Å². The molecular formula is C16H19ClF2N4O3S. The summed E-state index contributed by atoms with van der Waals surface area (Å²) >= 11 is 0. The number of carbonyl (C=O) groups is 1. The number of halogens is 3. The topological polar surface area (TPSA) is 104 Å². The van der Waals surface area contributed by atoms with Crippen molar-refractivity contribution in [3.8, 4) is 11.3 Å². The summed E-state index contributed by atoms with van der Waals surface area (Å²) in [5, 5.41) is 12.0. The van der Waals surface area contributed by atoms with Crippen molar-refractivity contribution in [3.05, 3.63) is 35.9 Å². The maximum atomic E-state index is 13.3. The molecule has 0 unspecified atom stereocenters. The van der Waals surface area contributed by atoms with Crippen LogP contribution >= 0.6 is 12.4 Å². The monoisotopic (exact) mass is 420 g/mol. The Labute approximate surface area is 161 Å². The van der Waals surface area contributed by atoms with Crippen molar-refractivity contribution in [3.63, 3.8) is 0 Å². The minimum atomic E-state index is -3.65. The zero-order chi connectivity index (χ0) is 18.9. The van der Waals surface area contributed by atoms with Gasteiger partial charge in [-0.1, -0.05) is 0 Å². The maximum absolute atomic E-state index is 13.3. The predicted octanol–water partition coefficient (Wildman–Crippen LogP) is 1.88. The minimum absolute atomic E-state index is 0. The van der Waals surface area contributed by atoms with Crippen LogP contribution in [0.1, 0.15) is 12.8 Å². The van der Waals surface area contributed by atoms with Crippen LogP contribution in [0.4, 0.5) is 14.6 Å². The van der Waals surface area contributed by atoms with Crippen LogP contribution < -0.4 is 10.6 Å². The van der Waals surface area contributed by atoms with Gasteiger partial charge in [-0.25, -0.2) is 17.2 Å². The molecular weight excluding hydrogens is 402 g/mol. The Morgan fingerprint density at radius 1 is 1.15 bits per heavy atom. The summed E-state index contributed by atoms with van der Waals surface area (Å²) in [7, 11) is -3.65. The number of rotatable bonds is 4. The molecule has 0 aliphatic carbocycles. The summed E-state index contributed by atoms with van der Waals surface area (Å²) in [4.78, 5) is 12.7. The largest absolute Gasteiger partial charge is 0.317 e. The van der Waals surface area contributed by atoms with Gasteiger partial charge in [-0.2, -0.15) is 5.10 Å². The highest BCUT2D eigenvalue weighted by atomic mass is 35.5. The molecule has 0 bridgehead atoms. The van der Waals surface area contributed by atoms with E-state index in [0.29, 0.717) is 13.1 Å². The number of nitrogens with one attached hydrogen (secondary N) is 3. The second-order valence-electron chi connectivity index (χ2n) is 6.30. The molecule has 0 spiro atoms. The van der Waals surface area contributed by atoms with Crippen LogP contribution in [0, 0.1) is 11.6 Å². The van der Waals surface area contributed by atoms with Crippen molar-refractivity contribution < 1.29 is 22.0 Å². The summed E-state index contributed by atoms with van der Waals surface area (Å²) in [6, 6.07) is 4.37. The van der Waals surface area contributed by atoms with E-state index in [1.165, 1.54) is 6.07 Å². The maximum Gasteiger partial charge on any atom is 0.247 e. The molecule has 11 heteroatoms. The van der Waals surface area contributed by atoms with Crippen molar-refractivity contribution in [1.82, 2.24) is 15.5 Å². The molecule has 3 rings (SSSR count). The first kappa shape index (κ1) is 21.3. The lowest BCUT2D eigenvalue weighted by atomic mass is 9.96. The van der Waals surface area contributed by atoms with Gasteiger partial charge in [0.2, 0.25) is 5.91 Å². The van der Waals surface area contributed by atoms with Crippen molar-refractivity contribution >= 4 is 34.0 Å². The van der Waals surface area contributed by atoms with Gasteiger partial charge in [0.1, 0.15) is 11.6 Å². The Hall–Kier alpha value is -2.04. The summed E-state index contributed by atoms with van der Waals surface area (Å²) in [6.45, 7) is 0.823. The Morgan fingerprint density at radius 2 is 1.74 bits per heavy atom. The molecule has 0 atom stereocenters. The quantitative estimate of drug-likeness (QED) is 0.700. The fourth-order valence-electron chi connectivity index (χ4n) is 3.07. The molecule has 1 aliphatic rings. The number of amides is 1. The number of sulfone groups is 1. The van der Waals surface area contributed by atoms with E-state index in [2.05, 4.69) is 20.8 Å². The molecule has 27 heavy (non-hydrogen) atoms. The Kier molecular flexibility index (Phi) is 6.23. The van der Waals surface area contributed by atoms with Crippen LogP contribution in [0.3, 0.4) is 0 Å². The second kappa shape index (κ2) is 7.91. The number of hydrogen-bond donors (Lipinski definition) is 3. The average molecular weight is 421 g/mol. The molecule has 1 saturated heterocycles. The van der Waals surface area contributed by atoms with Gasteiger partial charge in [-0.05, 0) is 38.1 Å². The Bertz CT molecular complexity index is 923. The van der Waals surface area contributed by atoms with E-state index in [1.807, 2.05) is 0 Å². The molecule has 148 valence electrons. The number of anilines is 1. The Balaban J connectivity index is 0.00000261. The van der Waals surface area contributed by atoms with Crippen LogP contribution in [0.2, 0.25) is 0 Å². The molecule has 2 heterocycles. The SMILES string of the molecule is CS(=O)(=O)C1(C(=O)Nc2cc(-c3cc(F)cc(F)c3)[nH]n2)CCNCC1.Cl. The summed E-state index contributed by atoms with van der Waals surface area (Å²) in [5.41, 5.74) is 0.507. The number of benzene rings is 1. The highest BCUT2D eigenvalue weighted by Gasteiger charge is 2.48. The second-order valence-corrected chi connectivity index (χ2v) is 8.62. The molecule has 3 N–H and O–H groups in total. The summed E-state index contributed by atoms with van der Waals surface area (Å²) in [6.07, 6.45) is 1.36. The normalized spacial score (nSPS) is 16.4. The third kappa shape index (κ3) is 4.28. The van der Waals surface area contributed by atoms with E-state index in [1.54, 1.807) is 0 Å². The lowest BCUT2D eigenvalue weighted by molar-refractivity contribution is -0.119. The number of aromatic amines is 1. The first-order valence-electron chi connectivity index (χ1n) is 7.95. The van der Waals surface area contributed by atoms with Crippen molar-refractivity contribution in [2.75, 3.05) is 24.7 Å². The smallest absolute Gasteiger partial charge is 0.247 e. The Morgan fingerprint density at radius 3 is 2.30 bits per heavy atom. The van der Waals surface area contributed by atoms with Crippen molar-refractivity contribution in [1.29, 1.82) is 0 Å². The third-order valence-corrected chi connectivity index (χ3v) is 6.54. The van der Waals surface area contributed by atoms with Gasteiger partial charge in [0.05, 0.1) is 5.69 Å². The molecule has 1 aliphatic heterocycles. The zero-order valence-corrected chi connectivity index (χ0v) is 16.0. The third-order valence-electron chi connectivity index (χ3n) is 4.53. The van der Waals surface area contributed by atoms with Gasteiger partial charge in [0, 0.05) is 24.0 Å². The fraction of sp³-hybridized carbons (Fsp3) is 0.375. The van der Waals surface area contributed by atoms with Crippen LogP contribution in [-0.2, 0) is 14.6 Å². The molecule has 7 nitrogen and oxygen atoms in total. The van der Waals surface area contributed by atoms with E-state index in [0.717, 1.165) is 24.5 Å². The first-order chi connectivity index (χ1) is 12.2. The minimum Gasteiger partial charge on any atom is -0.317 e. The average Bonchev–Trinajstić information content (AvgIpc) is 3.02. The number of H-pyrrole nitrogens is 1. The van der Waals surface area contributed by atoms with E-state index in [-0.39, 0.29) is 42.3 Å². The van der Waals surface area contributed by atoms with Gasteiger partial charge in [0.25, 0.3) is 0 Å². The van der Waals surface area contributed by atoms with Crippen LogP contribution in [0.25, 0.3) is 11.3 Å². The van der Waals surface area contributed by atoms with Gasteiger partial charge in [-0.15, -0.1) is 12.4 Å². The van der Waals surface area contributed by atoms with Crippen molar-refractivity contribution in [2.45, 2.75) is 17.6 Å². The van der Waals surface area contributed by atoms with Crippen LogP contribution in [-0.4, -0.2) is 48.6 Å². The molecule has 2 aromatic rings. The number of piperidine rings is 1. The number of carbonyl (C=O) groups excluding carboxylic acids is 1. The van der Waals surface area contributed by atoms with Crippen LogP contribution in [0.5, 0.6) is 0 Å². The van der Waals surface area contributed by atoms with E-state index in [4.69, 9.17) is 0 Å². The highest BCUT2D eigenvalue weighted by molar-refractivity contribution is 7.92. The summed E-state index contributed by atoms with van der Waals surface area (Å²) in [5.74, 6) is -2.07. The van der Waals surface area contributed by atoms with Crippen LogP contribution in [0.15, 0.2) is 24.3 Å². The molecule has 1 amide bonds. The lowest BCUT2D eigenvalue weighted by Crippen LogP contribution is -2.55. The number of hydrogen-bond acceptors (Lipinski definition) is 5. The molecule has 0 saturated carbocycles. The van der Waals surface area contributed by atoms with E-state index < -0.39 is 32.1 Å².